The third-order valence-corrected chi connectivity index (χ3v) is 4.06. The highest BCUT2D eigenvalue weighted by Crippen LogP contribution is 2.31. The lowest BCUT2D eigenvalue weighted by molar-refractivity contribution is -0.00867. The van der Waals surface area contributed by atoms with Crippen LogP contribution in [0.4, 0.5) is 0 Å². The van der Waals surface area contributed by atoms with Crippen molar-refractivity contribution < 1.29 is 9.84 Å². The SMILES string of the molecule is CC1CCC(O)(CNCC2CCCO2)CC1. The molecule has 1 unspecified atom stereocenters. The first kappa shape index (κ1) is 12.3. The van der Waals surface area contributed by atoms with Crippen molar-refractivity contribution in [2.45, 2.75) is 57.2 Å². The fourth-order valence-electron chi connectivity index (χ4n) is 2.75. The predicted octanol–water partition coefficient (Wildman–Crippen LogP) is 1.70. The standard InChI is InChI=1S/C13H25NO2/c1-11-4-6-13(15,7-5-11)10-14-9-12-3-2-8-16-12/h11-12,14-15H,2-10H2,1H3. The lowest BCUT2D eigenvalue weighted by Gasteiger charge is -2.35. The molecule has 0 radical (unpaired) electrons. The van der Waals surface area contributed by atoms with Gasteiger partial charge in [0.15, 0.2) is 0 Å². The molecule has 3 nitrogen and oxygen atoms in total. The molecule has 16 heavy (non-hydrogen) atoms. The van der Waals surface area contributed by atoms with Gasteiger partial charge in [-0.05, 0) is 44.4 Å². The van der Waals surface area contributed by atoms with Gasteiger partial charge in [-0.1, -0.05) is 6.92 Å². The molecule has 3 heteroatoms. The van der Waals surface area contributed by atoms with Crippen LogP contribution < -0.4 is 5.32 Å². The summed E-state index contributed by atoms with van der Waals surface area (Å²) in [5.41, 5.74) is -0.453. The van der Waals surface area contributed by atoms with Crippen LogP contribution in [-0.4, -0.2) is 36.5 Å². The average molecular weight is 227 g/mol. The molecule has 0 spiro atoms. The second-order valence-electron chi connectivity index (χ2n) is 5.67. The summed E-state index contributed by atoms with van der Waals surface area (Å²) in [7, 11) is 0. The number of ether oxygens (including phenoxy) is 1. The Morgan fingerprint density at radius 3 is 2.69 bits per heavy atom. The molecule has 0 amide bonds. The van der Waals surface area contributed by atoms with Crippen molar-refractivity contribution in [3.05, 3.63) is 0 Å². The molecule has 1 aliphatic carbocycles. The maximum Gasteiger partial charge on any atom is 0.0771 e. The van der Waals surface area contributed by atoms with Gasteiger partial charge >= 0.3 is 0 Å². The minimum Gasteiger partial charge on any atom is -0.389 e. The Bertz CT molecular complexity index is 206. The monoisotopic (exact) mass is 227 g/mol. The lowest BCUT2D eigenvalue weighted by Crippen LogP contribution is -2.45. The number of hydrogen-bond acceptors (Lipinski definition) is 3. The average Bonchev–Trinajstić information content (AvgIpc) is 2.76. The van der Waals surface area contributed by atoms with Crippen LogP contribution in [0, 0.1) is 5.92 Å². The molecule has 2 fully saturated rings. The van der Waals surface area contributed by atoms with E-state index in [1.54, 1.807) is 0 Å². The van der Waals surface area contributed by atoms with Gasteiger partial charge in [-0.25, -0.2) is 0 Å². The van der Waals surface area contributed by atoms with Crippen molar-refractivity contribution in [3.8, 4) is 0 Å². The highest BCUT2D eigenvalue weighted by molar-refractivity contribution is 4.86. The van der Waals surface area contributed by atoms with Crippen molar-refractivity contribution in [1.82, 2.24) is 5.32 Å². The molecular formula is C13H25NO2. The molecular weight excluding hydrogens is 202 g/mol. The van der Waals surface area contributed by atoms with Gasteiger partial charge in [-0.2, -0.15) is 0 Å². The van der Waals surface area contributed by atoms with E-state index in [1.807, 2.05) is 0 Å². The van der Waals surface area contributed by atoms with Gasteiger partial charge in [-0.3, -0.25) is 0 Å². The number of nitrogens with one attached hydrogen (secondary N) is 1. The third-order valence-electron chi connectivity index (χ3n) is 4.06. The number of hydrogen-bond donors (Lipinski definition) is 2. The summed E-state index contributed by atoms with van der Waals surface area (Å²) >= 11 is 0. The van der Waals surface area contributed by atoms with Crippen LogP contribution in [-0.2, 0) is 4.74 Å². The van der Waals surface area contributed by atoms with Crippen LogP contribution in [0.2, 0.25) is 0 Å². The largest absolute Gasteiger partial charge is 0.389 e. The Morgan fingerprint density at radius 2 is 2.06 bits per heavy atom. The minimum atomic E-state index is -0.453. The Hall–Kier alpha value is -0.120. The van der Waals surface area contributed by atoms with Gasteiger partial charge in [0.25, 0.3) is 0 Å². The second-order valence-corrected chi connectivity index (χ2v) is 5.67. The molecule has 0 aromatic carbocycles. The molecule has 1 aliphatic heterocycles. The van der Waals surface area contributed by atoms with E-state index in [2.05, 4.69) is 12.2 Å². The highest BCUT2D eigenvalue weighted by atomic mass is 16.5. The molecule has 1 saturated heterocycles. The van der Waals surface area contributed by atoms with Gasteiger partial charge in [-0.15, -0.1) is 0 Å². The van der Waals surface area contributed by atoms with Gasteiger partial charge in [0.05, 0.1) is 11.7 Å². The van der Waals surface area contributed by atoms with E-state index in [0.29, 0.717) is 6.10 Å². The maximum absolute atomic E-state index is 10.4. The Balaban J connectivity index is 1.64. The summed E-state index contributed by atoms with van der Waals surface area (Å²) in [4.78, 5) is 0. The molecule has 2 N–H and O–H groups in total. The van der Waals surface area contributed by atoms with Crippen LogP contribution in [0.5, 0.6) is 0 Å². The summed E-state index contributed by atoms with van der Waals surface area (Å²) in [5.74, 6) is 0.790. The highest BCUT2D eigenvalue weighted by Gasteiger charge is 2.31. The van der Waals surface area contributed by atoms with Crippen molar-refractivity contribution in [3.63, 3.8) is 0 Å². The van der Waals surface area contributed by atoms with Gasteiger partial charge in [0.1, 0.15) is 0 Å². The van der Waals surface area contributed by atoms with Crippen LogP contribution in [0.25, 0.3) is 0 Å². The zero-order valence-electron chi connectivity index (χ0n) is 10.4. The fraction of sp³-hybridized carbons (Fsp3) is 1.00. The van der Waals surface area contributed by atoms with Gasteiger partial charge in [0.2, 0.25) is 0 Å². The molecule has 2 rings (SSSR count). The zero-order chi connectivity index (χ0) is 11.4. The molecule has 0 aromatic rings. The van der Waals surface area contributed by atoms with E-state index in [9.17, 15) is 5.11 Å². The van der Waals surface area contributed by atoms with E-state index >= 15 is 0 Å². The molecule has 1 saturated carbocycles. The summed E-state index contributed by atoms with van der Waals surface area (Å²) in [6.45, 7) is 4.82. The van der Waals surface area contributed by atoms with Gasteiger partial charge in [0, 0.05) is 19.7 Å². The molecule has 1 heterocycles. The summed E-state index contributed by atoms with van der Waals surface area (Å²) in [5, 5.41) is 13.7. The Morgan fingerprint density at radius 1 is 1.31 bits per heavy atom. The molecule has 0 bridgehead atoms. The minimum absolute atomic E-state index is 0.381. The number of aliphatic hydroxyl groups is 1. The first-order chi connectivity index (χ1) is 7.68. The molecule has 94 valence electrons. The van der Waals surface area contributed by atoms with Crippen LogP contribution in [0.15, 0.2) is 0 Å². The molecule has 1 atom stereocenters. The van der Waals surface area contributed by atoms with Crippen LogP contribution >= 0.6 is 0 Å². The van der Waals surface area contributed by atoms with Crippen LogP contribution in [0.3, 0.4) is 0 Å². The smallest absolute Gasteiger partial charge is 0.0771 e. The topological polar surface area (TPSA) is 41.5 Å². The first-order valence-corrected chi connectivity index (χ1v) is 6.73. The predicted molar refractivity (Wildman–Crippen MR) is 64.4 cm³/mol. The van der Waals surface area contributed by atoms with Crippen molar-refractivity contribution in [1.29, 1.82) is 0 Å². The lowest BCUT2D eigenvalue weighted by atomic mass is 9.79. The summed E-state index contributed by atoms with van der Waals surface area (Å²) < 4.78 is 5.55. The van der Waals surface area contributed by atoms with Crippen molar-refractivity contribution in [2.24, 2.45) is 5.92 Å². The maximum atomic E-state index is 10.4. The Labute approximate surface area is 98.6 Å². The number of rotatable bonds is 4. The molecule has 0 aromatic heterocycles. The summed E-state index contributed by atoms with van der Waals surface area (Å²) in [6, 6.07) is 0. The van der Waals surface area contributed by atoms with E-state index in [1.165, 1.54) is 12.8 Å². The van der Waals surface area contributed by atoms with E-state index < -0.39 is 5.60 Å². The van der Waals surface area contributed by atoms with Gasteiger partial charge < -0.3 is 15.2 Å². The Kier molecular flexibility index (Phi) is 4.22. The van der Waals surface area contributed by atoms with Crippen molar-refractivity contribution in [2.75, 3.05) is 19.7 Å². The summed E-state index contributed by atoms with van der Waals surface area (Å²) in [6.07, 6.45) is 6.97. The zero-order valence-corrected chi connectivity index (χ0v) is 10.4. The third kappa shape index (κ3) is 3.44. The molecule has 2 aliphatic rings. The van der Waals surface area contributed by atoms with Crippen molar-refractivity contribution >= 4 is 0 Å². The van der Waals surface area contributed by atoms with E-state index in [0.717, 1.165) is 51.3 Å². The second kappa shape index (κ2) is 5.48. The van der Waals surface area contributed by atoms with E-state index in [-0.39, 0.29) is 0 Å². The van der Waals surface area contributed by atoms with Crippen LogP contribution in [0.1, 0.15) is 45.4 Å². The van der Waals surface area contributed by atoms with E-state index in [4.69, 9.17) is 4.74 Å². The quantitative estimate of drug-likeness (QED) is 0.768. The normalized spacial score (nSPS) is 40.1. The first-order valence-electron chi connectivity index (χ1n) is 6.73. The fourth-order valence-corrected chi connectivity index (χ4v) is 2.75.